The zero-order valence-electron chi connectivity index (χ0n) is 22.2. The molecule has 1 aliphatic heterocycles. The molecule has 0 saturated heterocycles. The number of allylic oxidation sites excluding steroid dienone is 1. The molecule has 1 aromatic rings. The summed E-state index contributed by atoms with van der Waals surface area (Å²) in [4.78, 5) is 30.6. The number of carbonyl (C=O) groups excluding carboxylic acids is 2. The van der Waals surface area contributed by atoms with E-state index in [-0.39, 0.29) is 30.0 Å². The zero-order chi connectivity index (χ0) is 27.4. The lowest BCUT2D eigenvalue weighted by molar-refractivity contribution is -0.274. The van der Waals surface area contributed by atoms with Gasteiger partial charge in [0.15, 0.2) is 0 Å². The van der Waals surface area contributed by atoms with Crippen LogP contribution in [0.3, 0.4) is 0 Å². The van der Waals surface area contributed by atoms with Gasteiger partial charge in [-0.3, -0.25) is 9.79 Å². The van der Waals surface area contributed by atoms with E-state index in [0.29, 0.717) is 12.1 Å². The number of halogens is 3. The predicted octanol–water partition coefficient (Wildman–Crippen LogP) is 7.28. The lowest BCUT2D eigenvalue weighted by atomic mass is 9.75. The molecular weight excluding hydrogens is 487 g/mol. The van der Waals surface area contributed by atoms with Gasteiger partial charge in [0.1, 0.15) is 11.7 Å². The van der Waals surface area contributed by atoms with Gasteiger partial charge in [0.05, 0.1) is 18.8 Å². The van der Waals surface area contributed by atoms with Crippen molar-refractivity contribution in [3.63, 3.8) is 0 Å². The van der Waals surface area contributed by atoms with Crippen molar-refractivity contribution in [1.29, 1.82) is 0 Å². The summed E-state index contributed by atoms with van der Waals surface area (Å²) in [5, 5.41) is 0. The van der Waals surface area contributed by atoms with Crippen LogP contribution in [-0.4, -0.2) is 37.2 Å². The largest absolute Gasteiger partial charge is 0.573 e. The molecule has 1 aliphatic rings. The van der Waals surface area contributed by atoms with E-state index in [4.69, 9.17) is 9.47 Å². The standard InChI is InChI=1S/C28H38F3NO5/c1-5-7-8-9-10-11-12-15-18-36-27(34)24-20(4)32-19(3)23(26(33)35-6-2)25(24)21-16-13-14-17-22(21)37-28(29,30)31/h13-14,16-17,23,25H,5-12,15,18H2,1-4H3. The SMILES string of the molecule is CCCCCCCCCCOC(=O)C1=C(C)N=C(C)C(C(=O)OCC)C1c1ccccc1OC(F)(F)F. The summed E-state index contributed by atoms with van der Waals surface area (Å²) in [6.45, 7) is 7.21. The highest BCUT2D eigenvalue weighted by molar-refractivity contribution is 6.07. The maximum absolute atomic E-state index is 13.3. The minimum absolute atomic E-state index is 0.0291. The third-order valence-electron chi connectivity index (χ3n) is 6.30. The molecule has 37 heavy (non-hydrogen) atoms. The molecule has 2 atom stereocenters. The van der Waals surface area contributed by atoms with Gasteiger partial charge in [-0.15, -0.1) is 13.2 Å². The topological polar surface area (TPSA) is 74.2 Å². The van der Waals surface area contributed by atoms with E-state index in [0.717, 1.165) is 25.3 Å². The van der Waals surface area contributed by atoms with Crippen molar-refractivity contribution in [2.45, 2.75) is 91.3 Å². The van der Waals surface area contributed by atoms with E-state index >= 15 is 0 Å². The van der Waals surface area contributed by atoms with Gasteiger partial charge in [0.2, 0.25) is 0 Å². The van der Waals surface area contributed by atoms with Crippen LogP contribution >= 0.6 is 0 Å². The van der Waals surface area contributed by atoms with Crippen molar-refractivity contribution in [3.05, 3.63) is 41.1 Å². The number of benzene rings is 1. The monoisotopic (exact) mass is 525 g/mol. The van der Waals surface area contributed by atoms with Crippen molar-refractivity contribution in [2.24, 2.45) is 10.9 Å². The van der Waals surface area contributed by atoms with E-state index in [1.54, 1.807) is 20.8 Å². The van der Waals surface area contributed by atoms with Gasteiger partial charge in [0, 0.05) is 22.9 Å². The Morgan fingerprint density at radius 2 is 1.54 bits per heavy atom. The van der Waals surface area contributed by atoms with Gasteiger partial charge in [0.25, 0.3) is 0 Å². The molecule has 2 unspecified atom stereocenters. The number of para-hydroxylation sites is 1. The smallest absolute Gasteiger partial charge is 0.465 e. The van der Waals surface area contributed by atoms with Crippen LogP contribution in [0.25, 0.3) is 0 Å². The zero-order valence-corrected chi connectivity index (χ0v) is 22.2. The number of carbonyl (C=O) groups is 2. The summed E-state index contributed by atoms with van der Waals surface area (Å²) in [6, 6.07) is 5.49. The van der Waals surface area contributed by atoms with Crippen molar-refractivity contribution >= 4 is 17.7 Å². The second kappa shape index (κ2) is 14.8. The number of alkyl halides is 3. The quantitative estimate of drug-likeness (QED) is 0.188. The van der Waals surface area contributed by atoms with Crippen LogP contribution in [0.1, 0.15) is 90.5 Å². The minimum Gasteiger partial charge on any atom is -0.465 e. The van der Waals surface area contributed by atoms with Crippen LogP contribution in [0.5, 0.6) is 5.75 Å². The maximum atomic E-state index is 13.3. The summed E-state index contributed by atoms with van der Waals surface area (Å²) < 4.78 is 54.6. The summed E-state index contributed by atoms with van der Waals surface area (Å²) in [7, 11) is 0. The normalized spacial score (nSPS) is 17.9. The van der Waals surface area contributed by atoms with Crippen LogP contribution in [0, 0.1) is 5.92 Å². The molecule has 2 rings (SSSR count). The van der Waals surface area contributed by atoms with Gasteiger partial charge in [-0.05, 0) is 33.3 Å². The molecule has 0 fully saturated rings. The average molecular weight is 526 g/mol. The Bertz CT molecular complexity index is 971. The lowest BCUT2D eigenvalue weighted by Crippen LogP contribution is -2.37. The number of ether oxygens (including phenoxy) is 3. The Hall–Kier alpha value is -2.84. The molecule has 0 aliphatic carbocycles. The van der Waals surface area contributed by atoms with Gasteiger partial charge in [-0.1, -0.05) is 70.1 Å². The molecule has 1 aromatic carbocycles. The lowest BCUT2D eigenvalue weighted by Gasteiger charge is -2.32. The summed E-state index contributed by atoms with van der Waals surface area (Å²) in [5.41, 5.74) is 0.681. The highest BCUT2D eigenvalue weighted by atomic mass is 19.4. The number of hydrogen-bond donors (Lipinski definition) is 0. The van der Waals surface area contributed by atoms with Crippen LogP contribution in [0.2, 0.25) is 0 Å². The molecule has 206 valence electrons. The van der Waals surface area contributed by atoms with Crippen LogP contribution in [-0.2, 0) is 19.1 Å². The average Bonchev–Trinajstić information content (AvgIpc) is 2.82. The Morgan fingerprint density at radius 1 is 0.919 bits per heavy atom. The van der Waals surface area contributed by atoms with E-state index in [9.17, 15) is 22.8 Å². The van der Waals surface area contributed by atoms with Gasteiger partial charge < -0.3 is 14.2 Å². The molecule has 0 spiro atoms. The Morgan fingerprint density at radius 3 is 2.16 bits per heavy atom. The molecule has 0 saturated carbocycles. The third-order valence-corrected chi connectivity index (χ3v) is 6.30. The molecule has 0 N–H and O–H groups in total. The van der Waals surface area contributed by atoms with E-state index in [1.165, 1.54) is 43.9 Å². The Kier molecular flexibility index (Phi) is 12.1. The number of nitrogens with zero attached hydrogens (tertiary/aromatic N) is 1. The second-order valence-electron chi connectivity index (χ2n) is 9.16. The van der Waals surface area contributed by atoms with Gasteiger partial charge in [-0.25, -0.2) is 4.79 Å². The first kappa shape index (κ1) is 30.4. The molecule has 1 heterocycles. The fourth-order valence-corrected chi connectivity index (χ4v) is 4.61. The molecule has 9 heteroatoms. The van der Waals surface area contributed by atoms with E-state index in [1.807, 2.05) is 0 Å². The number of hydrogen-bond acceptors (Lipinski definition) is 6. The number of esters is 2. The number of unbranched alkanes of at least 4 members (excludes halogenated alkanes) is 7. The Balaban J connectivity index is 2.28. The third kappa shape index (κ3) is 9.20. The summed E-state index contributed by atoms with van der Waals surface area (Å²) >= 11 is 0. The van der Waals surface area contributed by atoms with Crippen LogP contribution in [0.4, 0.5) is 13.2 Å². The van der Waals surface area contributed by atoms with Crippen LogP contribution in [0.15, 0.2) is 40.5 Å². The van der Waals surface area contributed by atoms with Crippen molar-refractivity contribution in [3.8, 4) is 5.75 Å². The second-order valence-corrected chi connectivity index (χ2v) is 9.16. The van der Waals surface area contributed by atoms with Crippen molar-refractivity contribution in [1.82, 2.24) is 0 Å². The molecular formula is C28H38F3NO5. The number of aliphatic imine (C=N–C) groups is 1. The van der Waals surface area contributed by atoms with Crippen molar-refractivity contribution in [2.75, 3.05) is 13.2 Å². The van der Waals surface area contributed by atoms with Gasteiger partial charge in [-0.2, -0.15) is 0 Å². The maximum Gasteiger partial charge on any atom is 0.573 e. The summed E-state index contributed by atoms with van der Waals surface area (Å²) in [6.07, 6.45) is 3.64. The van der Waals surface area contributed by atoms with E-state index < -0.39 is 35.9 Å². The fourth-order valence-electron chi connectivity index (χ4n) is 4.61. The Labute approximate surface area is 217 Å². The molecule has 0 bridgehead atoms. The van der Waals surface area contributed by atoms with Crippen LogP contribution < -0.4 is 4.74 Å². The first-order valence-corrected chi connectivity index (χ1v) is 13.0. The predicted molar refractivity (Wildman–Crippen MR) is 135 cm³/mol. The highest BCUT2D eigenvalue weighted by Crippen LogP contribution is 2.44. The molecule has 0 aromatic heterocycles. The minimum atomic E-state index is -4.96. The van der Waals surface area contributed by atoms with E-state index in [2.05, 4.69) is 16.7 Å². The highest BCUT2D eigenvalue weighted by Gasteiger charge is 2.44. The van der Waals surface area contributed by atoms with Crippen molar-refractivity contribution < 1.29 is 37.0 Å². The first-order chi connectivity index (χ1) is 17.6. The molecule has 6 nitrogen and oxygen atoms in total. The summed E-state index contributed by atoms with van der Waals surface area (Å²) in [5.74, 6) is -4.10. The first-order valence-electron chi connectivity index (χ1n) is 13.0. The van der Waals surface area contributed by atoms with Gasteiger partial charge >= 0.3 is 18.3 Å². The fraction of sp³-hybridized carbons (Fsp3) is 0.607. The molecule has 0 amide bonds. The number of rotatable bonds is 14. The molecule has 0 radical (unpaired) electrons.